The van der Waals surface area contributed by atoms with Gasteiger partial charge in [-0.3, -0.25) is 9.97 Å². The fraction of sp³-hybridized carbons (Fsp3) is 0. The average molecular weight is 627 g/mol. The van der Waals surface area contributed by atoms with Gasteiger partial charge in [0.05, 0.1) is 28.1 Å². The van der Waals surface area contributed by atoms with E-state index in [1.54, 1.807) is 0 Å². The minimum absolute atomic E-state index is 0.853. The first kappa shape index (κ1) is 28.6. The molecule has 0 aliphatic rings. The molecule has 49 heavy (non-hydrogen) atoms. The maximum atomic E-state index is 4.99. The highest BCUT2D eigenvalue weighted by Gasteiger charge is 2.15. The van der Waals surface area contributed by atoms with Crippen molar-refractivity contribution in [3.05, 3.63) is 182 Å². The number of hydrogen-bond donors (Lipinski definition) is 0. The minimum Gasteiger partial charge on any atom is -0.309 e. The molecule has 0 aliphatic carbocycles. The van der Waals surface area contributed by atoms with Crippen LogP contribution in [-0.2, 0) is 0 Å². The lowest BCUT2D eigenvalue weighted by Crippen LogP contribution is -1.94. The van der Waals surface area contributed by atoms with Gasteiger partial charge >= 0.3 is 0 Å². The van der Waals surface area contributed by atoms with E-state index in [1.165, 1.54) is 16.5 Å². The summed E-state index contributed by atoms with van der Waals surface area (Å²) in [5.41, 5.74) is 14.1. The van der Waals surface area contributed by atoms with Gasteiger partial charge in [-0.05, 0) is 88.0 Å². The van der Waals surface area contributed by atoms with E-state index in [0.29, 0.717) is 0 Å². The number of aromatic nitrogens is 4. The molecule has 9 rings (SSSR count). The third-order valence-electron chi connectivity index (χ3n) is 9.17. The normalized spacial score (nSPS) is 11.3. The summed E-state index contributed by atoms with van der Waals surface area (Å²) < 4.78 is 2.33. The molecule has 9 aromatic rings. The van der Waals surface area contributed by atoms with Crippen LogP contribution in [0.15, 0.2) is 182 Å². The molecule has 4 heterocycles. The van der Waals surface area contributed by atoms with Crippen molar-refractivity contribution < 1.29 is 0 Å². The zero-order valence-corrected chi connectivity index (χ0v) is 26.6. The monoisotopic (exact) mass is 626 g/mol. The smallest absolute Gasteiger partial charge is 0.0899 e. The molecule has 0 amide bonds. The van der Waals surface area contributed by atoms with Crippen LogP contribution >= 0.6 is 0 Å². The Hall–Kier alpha value is -6.65. The molecule has 4 heteroatoms. The van der Waals surface area contributed by atoms with Crippen LogP contribution in [0.3, 0.4) is 0 Å². The standard InChI is InChI=1S/C45H30N4/c1-3-9-31(10-4-1)32-18-21-38(22-19-32)49-44-23-20-36(27-39(44)40-30-46-26-24-45(40)49)33-14-16-34(17-15-33)37-28-42(35-11-5-2-6-12-35)48-43(29-37)41-13-7-8-25-47-41/h1-30H. The van der Waals surface area contributed by atoms with Crippen LogP contribution in [0.5, 0.6) is 0 Å². The summed E-state index contributed by atoms with van der Waals surface area (Å²) in [4.78, 5) is 14.1. The van der Waals surface area contributed by atoms with E-state index >= 15 is 0 Å². The van der Waals surface area contributed by atoms with Gasteiger partial charge in [0.25, 0.3) is 0 Å². The van der Waals surface area contributed by atoms with Gasteiger partial charge in [0.1, 0.15) is 0 Å². The van der Waals surface area contributed by atoms with Crippen molar-refractivity contribution in [3.8, 4) is 61.7 Å². The van der Waals surface area contributed by atoms with Gasteiger partial charge in [-0.2, -0.15) is 0 Å². The van der Waals surface area contributed by atoms with Crippen molar-refractivity contribution in [1.82, 2.24) is 19.5 Å². The zero-order valence-electron chi connectivity index (χ0n) is 26.6. The summed E-state index contributed by atoms with van der Waals surface area (Å²) in [6.45, 7) is 0. The highest BCUT2D eigenvalue weighted by molar-refractivity contribution is 6.10. The molecule has 230 valence electrons. The molecule has 0 saturated heterocycles. The average Bonchev–Trinajstić information content (AvgIpc) is 3.52. The van der Waals surface area contributed by atoms with Gasteiger partial charge in [0.15, 0.2) is 0 Å². The van der Waals surface area contributed by atoms with Crippen LogP contribution in [0, 0.1) is 0 Å². The minimum atomic E-state index is 0.853. The molecular weight excluding hydrogens is 597 g/mol. The van der Waals surface area contributed by atoms with Gasteiger partial charge in [-0.25, -0.2) is 4.98 Å². The van der Waals surface area contributed by atoms with Crippen LogP contribution in [0.25, 0.3) is 83.5 Å². The third kappa shape index (κ3) is 5.35. The SMILES string of the molecule is c1ccc(-c2ccc(-n3c4ccncc4c4cc(-c5ccc(-c6cc(-c7ccccc7)nc(-c7ccccn7)c6)cc5)ccc43)cc2)cc1. The van der Waals surface area contributed by atoms with E-state index in [1.807, 2.05) is 55.0 Å². The van der Waals surface area contributed by atoms with Crippen LogP contribution in [-0.4, -0.2) is 19.5 Å². The fourth-order valence-electron chi connectivity index (χ4n) is 6.71. The first-order valence-electron chi connectivity index (χ1n) is 16.4. The summed E-state index contributed by atoms with van der Waals surface area (Å²) in [6.07, 6.45) is 5.66. The highest BCUT2D eigenvalue weighted by atomic mass is 15.0. The summed E-state index contributed by atoms with van der Waals surface area (Å²) in [7, 11) is 0. The van der Waals surface area contributed by atoms with Crippen LogP contribution in [0.2, 0.25) is 0 Å². The molecule has 0 N–H and O–H groups in total. The van der Waals surface area contributed by atoms with Crippen molar-refractivity contribution >= 4 is 21.8 Å². The number of fused-ring (bicyclic) bond motifs is 3. The summed E-state index contributed by atoms with van der Waals surface area (Å²) in [6, 6.07) is 57.5. The summed E-state index contributed by atoms with van der Waals surface area (Å²) >= 11 is 0. The van der Waals surface area contributed by atoms with E-state index in [4.69, 9.17) is 4.98 Å². The first-order valence-corrected chi connectivity index (χ1v) is 16.4. The topological polar surface area (TPSA) is 43.6 Å². The van der Waals surface area contributed by atoms with Gasteiger partial charge in [-0.1, -0.05) is 109 Å². The predicted octanol–water partition coefficient (Wildman–Crippen LogP) is 11.3. The fourth-order valence-corrected chi connectivity index (χ4v) is 6.71. The second kappa shape index (κ2) is 12.2. The molecular formula is C45H30N4. The second-order valence-electron chi connectivity index (χ2n) is 12.2. The predicted molar refractivity (Wildman–Crippen MR) is 201 cm³/mol. The molecule has 4 aromatic heterocycles. The summed E-state index contributed by atoms with van der Waals surface area (Å²) in [5.74, 6) is 0. The van der Waals surface area contributed by atoms with E-state index in [0.717, 1.165) is 67.0 Å². The molecule has 0 unspecified atom stereocenters. The Labute approximate surface area is 284 Å². The molecule has 0 aliphatic heterocycles. The third-order valence-corrected chi connectivity index (χ3v) is 9.17. The quantitative estimate of drug-likeness (QED) is 0.184. The number of nitrogens with zero attached hydrogens (tertiary/aromatic N) is 4. The Kier molecular flexibility index (Phi) is 7.10. The molecule has 0 saturated carbocycles. The summed E-state index contributed by atoms with van der Waals surface area (Å²) in [5, 5.41) is 2.31. The number of hydrogen-bond acceptors (Lipinski definition) is 3. The maximum absolute atomic E-state index is 4.99. The lowest BCUT2D eigenvalue weighted by atomic mass is 9.97. The molecule has 0 fully saturated rings. The number of rotatable bonds is 6. The molecule has 0 bridgehead atoms. The highest BCUT2D eigenvalue weighted by Crippen LogP contribution is 2.36. The second-order valence-corrected chi connectivity index (χ2v) is 12.2. The lowest BCUT2D eigenvalue weighted by molar-refractivity contribution is 1.17. The Morgan fingerprint density at radius 1 is 0.367 bits per heavy atom. The van der Waals surface area contributed by atoms with Crippen LogP contribution in [0.4, 0.5) is 0 Å². The van der Waals surface area contributed by atoms with E-state index in [9.17, 15) is 0 Å². The van der Waals surface area contributed by atoms with Gasteiger partial charge in [0, 0.05) is 40.6 Å². The molecule has 4 nitrogen and oxygen atoms in total. The van der Waals surface area contributed by atoms with Crippen LogP contribution < -0.4 is 0 Å². The Morgan fingerprint density at radius 2 is 0.959 bits per heavy atom. The van der Waals surface area contributed by atoms with Gasteiger partial charge in [-0.15, -0.1) is 0 Å². The molecule has 5 aromatic carbocycles. The molecule has 0 radical (unpaired) electrons. The van der Waals surface area contributed by atoms with E-state index < -0.39 is 0 Å². The Bertz CT molecular complexity index is 2500. The zero-order chi connectivity index (χ0) is 32.6. The van der Waals surface area contributed by atoms with Crippen molar-refractivity contribution in [2.75, 3.05) is 0 Å². The first-order chi connectivity index (χ1) is 24.3. The number of pyridine rings is 3. The molecule has 0 spiro atoms. The Morgan fingerprint density at radius 3 is 1.69 bits per heavy atom. The largest absolute Gasteiger partial charge is 0.309 e. The van der Waals surface area contributed by atoms with E-state index in [-0.39, 0.29) is 0 Å². The lowest BCUT2D eigenvalue weighted by Gasteiger charge is -2.11. The van der Waals surface area contributed by atoms with Crippen molar-refractivity contribution in [2.45, 2.75) is 0 Å². The molecule has 0 atom stereocenters. The van der Waals surface area contributed by atoms with Crippen molar-refractivity contribution in [3.63, 3.8) is 0 Å². The Balaban J connectivity index is 1.09. The van der Waals surface area contributed by atoms with Crippen molar-refractivity contribution in [2.24, 2.45) is 0 Å². The van der Waals surface area contributed by atoms with Gasteiger partial charge < -0.3 is 4.57 Å². The van der Waals surface area contributed by atoms with Crippen molar-refractivity contribution in [1.29, 1.82) is 0 Å². The van der Waals surface area contributed by atoms with Crippen LogP contribution in [0.1, 0.15) is 0 Å². The van der Waals surface area contributed by atoms with E-state index in [2.05, 4.69) is 142 Å². The number of benzene rings is 5. The van der Waals surface area contributed by atoms with Gasteiger partial charge in [0.2, 0.25) is 0 Å². The maximum Gasteiger partial charge on any atom is 0.0899 e.